The molecule has 0 saturated heterocycles. The summed E-state index contributed by atoms with van der Waals surface area (Å²) in [6.45, 7) is 0. The maximum Gasteiger partial charge on any atom is 0.202 e. The molecule has 3 heterocycles. The van der Waals surface area contributed by atoms with Crippen LogP contribution in [0.25, 0.3) is 22.1 Å². The lowest BCUT2D eigenvalue weighted by atomic mass is 10.2. The van der Waals surface area contributed by atoms with Crippen molar-refractivity contribution in [3.05, 3.63) is 24.5 Å². The summed E-state index contributed by atoms with van der Waals surface area (Å²) in [5, 5.41) is 1.02. The summed E-state index contributed by atoms with van der Waals surface area (Å²) in [6, 6.07) is 3.88. The first-order chi connectivity index (χ1) is 7.25. The van der Waals surface area contributed by atoms with Crippen LogP contribution in [-0.4, -0.2) is 19.5 Å². The number of fused-ring (bicyclic) bond motifs is 2. The zero-order valence-electron chi connectivity index (χ0n) is 8.18. The van der Waals surface area contributed by atoms with Crippen molar-refractivity contribution in [1.29, 1.82) is 0 Å². The number of imidazole rings is 1. The molecule has 3 aromatic rings. The van der Waals surface area contributed by atoms with Crippen LogP contribution in [0.5, 0.6) is 0 Å². The molecular formula is C10H9N5. The van der Waals surface area contributed by atoms with Gasteiger partial charge in [-0.05, 0) is 12.1 Å². The number of aryl methyl sites for hydroxylation is 1. The Hall–Kier alpha value is -2.17. The fraction of sp³-hybridized carbons (Fsp3) is 0.100. The van der Waals surface area contributed by atoms with Crippen molar-refractivity contribution in [2.45, 2.75) is 0 Å². The van der Waals surface area contributed by atoms with Crippen LogP contribution in [0, 0.1) is 0 Å². The number of aromatic nitrogens is 4. The molecule has 0 aliphatic carbocycles. The number of nitrogens with two attached hydrogens (primary N) is 1. The lowest BCUT2D eigenvalue weighted by Crippen LogP contribution is -1.97. The van der Waals surface area contributed by atoms with Crippen LogP contribution < -0.4 is 5.73 Å². The summed E-state index contributed by atoms with van der Waals surface area (Å²) in [5.41, 5.74) is 8.16. The van der Waals surface area contributed by atoms with Gasteiger partial charge in [-0.2, -0.15) is 0 Å². The molecule has 0 atom stereocenters. The fourth-order valence-corrected chi connectivity index (χ4v) is 1.63. The minimum atomic E-state index is 0.473. The lowest BCUT2D eigenvalue weighted by Gasteiger charge is -1.97. The summed E-state index contributed by atoms with van der Waals surface area (Å²) in [7, 11) is 1.85. The molecule has 0 aliphatic rings. The predicted octanol–water partition coefficient (Wildman–Crippen LogP) is 1.10. The smallest absolute Gasteiger partial charge is 0.202 e. The highest BCUT2D eigenvalue weighted by Crippen LogP contribution is 2.19. The molecule has 3 aromatic heterocycles. The van der Waals surface area contributed by atoms with Gasteiger partial charge in [-0.1, -0.05) is 0 Å². The molecule has 5 nitrogen and oxygen atoms in total. The molecule has 0 radical (unpaired) electrons. The van der Waals surface area contributed by atoms with Crippen molar-refractivity contribution in [3.63, 3.8) is 0 Å². The van der Waals surface area contributed by atoms with Crippen molar-refractivity contribution in [3.8, 4) is 0 Å². The van der Waals surface area contributed by atoms with E-state index in [0.717, 1.165) is 22.1 Å². The summed E-state index contributed by atoms with van der Waals surface area (Å²) in [6.07, 6.45) is 3.47. The molecule has 0 saturated carbocycles. The van der Waals surface area contributed by atoms with Gasteiger partial charge in [0.1, 0.15) is 5.52 Å². The van der Waals surface area contributed by atoms with E-state index in [1.807, 2.05) is 19.2 Å². The molecule has 15 heavy (non-hydrogen) atoms. The van der Waals surface area contributed by atoms with Crippen molar-refractivity contribution < 1.29 is 0 Å². The van der Waals surface area contributed by atoms with Crippen molar-refractivity contribution in [2.75, 3.05) is 5.73 Å². The Bertz CT molecular complexity index is 655. The van der Waals surface area contributed by atoms with Gasteiger partial charge < -0.3 is 5.73 Å². The normalized spacial score (nSPS) is 11.3. The molecule has 2 N–H and O–H groups in total. The molecule has 0 aromatic carbocycles. The monoisotopic (exact) mass is 199 g/mol. The third-order valence-corrected chi connectivity index (χ3v) is 2.48. The molecule has 0 bridgehead atoms. The third kappa shape index (κ3) is 1.06. The maximum absolute atomic E-state index is 5.71. The number of hydrogen-bond acceptors (Lipinski definition) is 4. The summed E-state index contributed by atoms with van der Waals surface area (Å²) in [4.78, 5) is 12.7. The van der Waals surface area contributed by atoms with E-state index in [2.05, 4.69) is 15.0 Å². The van der Waals surface area contributed by atoms with Gasteiger partial charge in [0.2, 0.25) is 5.95 Å². The lowest BCUT2D eigenvalue weighted by molar-refractivity contribution is 0.950. The van der Waals surface area contributed by atoms with Crippen LogP contribution in [-0.2, 0) is 7.05 Å². The zero-order chi connectivity index (χ0) is 10.4. The number of nitrogen functional groups attached to an aromatic ring is 1. The molecule has 0 unspecified atom stereocenters. The average Bonchev–Trinajstić information content (AvgIpc) is 2.52. The minimum absolute atomic E-state index is 0.473. The Morgan fingerprint density at radius 2 is 2.13 bits per heavy atom. The second-order valence-electron chi connectivity index (χ2n) is 3.43. The first kappa shape index (κ1) is 8.16. The van der Waals surface area contributed by atoms with Crippen LogP contribution in [0.3, 0.4) is 0 Å². The Morgan fingerprint density at radius 1 is 1.27 bits per heavy atom. The van der Waals surface area contributed by atoms with Crippen LogP contribution in [0.4, 0.5) is 5.95 Å². The molecule has 0 fully saturated rings. The molecule has 5 heteroatoms. The van der Waals surface area contributed by atoms with E-state index in [1.165, 1.54) is 0 Å². The Labute approximate surface area is 85.6 Å². The molecule has 3 rings (SSSR count). The number of nitrogens with zero attached hydrogens (tertiary/aromatic N) is 4. The van der Waals surface area contributed by atoms with E-state index in [9.17, 15) is 0 Å². The van der Waals surface area contributed by atoms with Gasteiger partial charge in [-0.15, -0.1) is 0 Å². The standard InChI is InChI=1S/C10H9N5/c1-15-9-7(14-10(15)11)4-6-2-3-12-5-8(6)13-9/h2-5H,1H3,(H2,11,14). The third-order valence-electron chi connectivity index (χ3n) is 2.48. The van der Waals surface area contributed by atoms with Crippen LogP contribution in [0.15, 0.2) is 24.5 Å². The number of anilines is 1. The summed E-state index contributed by atoms with van der Waals surface area (Å²) in [5.74, 6) is 0.473. The van der Waals surface area contributed by atoms with Gasteiger partial charge in [0.15, 0.2) is 5.65 Å². The van der Waals surface area contributed by atoms with Gasteiger partial charge in [0.05, 0.1) is 11.7 Å². The maximum atomic E-state index is 5.71. The van der Waals surface area contributed by atoms with Crippen LogP contribution in [0.2, 0.25) is 0 Å². The Kier molecular flexibility index (Phi) is 1.45. The van der Waals surface area contributed by atoms with E-state index >= 15 is 0 Å². The Balaban J connectivity index is 2.53. The van der Waals surface area contributed by atoms with Gasteiger partial charge >= 0.3 is 0 Å². The van der Waals surface area contributed by atoms with Crippen LogP contribution in [0.1, 0.15) is 0 Å². The summed E-state index contributed by atoms with van der Waals surface area (Å²) < 4.78 is 1.77. The van der Waals surface area contributed by atoms with E-state index < -0.39 is 0 Å². The highest BCUT2D eigenvalue weighted by molar-refractivity contribution is 5.89. The summed E-state index contributed by atoms with van der Waals surface area (Å²) >= 11 is 0. The quantitative estimate of drug-likeness (QED) is 0.588. The first-order valence-corrected chi connectivity index (χ1v) is 4.58. The molecule has 0 spiro atoms. The number of pyridine rings is 2. The second kappa shape index (κ2) is 2.66. The van der Waals surface area contributed by atoms with Crippen molar-refractivity contribution in [1.82, 2.24) is 19.5 Å². The van der Waals surface area contributed by atoms with E-state index in [0.29, 0.717) is 5.95 Å². The van der Waals surface area contributed by atoms with Gasteiger partial charge in [-0.25, -0.2) is 9.97 Å². The number of hydrogen-bond donors (Lipinski definition) is 1. The average molecular weight is 199 g/mol. The Morgan fingerprint density at radius 3 is 3.00 bits per heavy atom. The zero-order valence-corrected chi connectivity index (χ0v) is 8.18. The first-order valence-electron chi connectivity index (χ1n) is 4.58. The van der Waals surface area contributed by atoms with Crippen LogP contribution >= 0.6 is 0 Å². The highest BCUT2D eigenvalue weighted by atomic mass is 15.2. The molecule has 0 aliphatic heterocycles. The largest absolute Gasteiger partial charge is 0.369 e. The molecular weight excluding hydrogens is 190 g/mol. The minimum Gasteiger partial charge on any atom is -0.369 e. The fourth-order valence-electron chi connectivity index (χ4n) is 1.63. The van der Waals surface area contributed by atoms with Gasteiger partial charge in [0.25, 0.3) is 0 Å². The molecule has 74 valence electrons. The topological polar surface area (TPSA) is 69.6 Å². The van der Waals surface area contributed by atoms with E-state index in [4.69, 9.17) is 5.73 Å². The van der Waals surface area contributed by atoms with E-state index in [-0.39, 0.29) is 0 Å². The van der Waals surface area contributed by atoms with Crippen molar-refractivity contribution in [2.24, 2.45) is 7.05 Å². The second-order valence-corrected chi connectivity index (χ2v) is 3.43. The van der Waals surface area contributed by atoms with Crippen molar-refractivity contribution >= 4 is 28.0 Å². The highest BCUT2D eigenvalue weighted by Gasteiger charge is 2.07. The van der Waals surface area contributed by atoms with Gasteiger partial charge in [-0.3, -0.25) is 9.55 Å². The van der Waals surface area contributed by atoms with E-state index in [1.54, 1.807) is 17.0 Å². The predicted molar refractivity (Wildman–Crippen MR) is 58.2 cm³/mol. The SMILES string of the molecule is Cn1c(N)nc2cc3ccncc3nc21. The number of rotatable bonds is 0. The molecule has 0 amide bonds. The van der Waals surface area contributed by atoms with Gasteiger partial charge in [0, 0.05) is 18.6 Å².